The maximum atomic E-state index is 4.73. The van der Waals surface area contributed by atoms with E-state index < -0.39 is 0 Å². The van der Waals surface area contributed by atoms with Crippen molar-refractivity contribution in [3.63, 3.8) is 0 Å². The van der Waals surface area contributed by atoms with Gasteiger partial charge >= 0.3 is 0 Å². The number of anilines is 1. The van der Waals surface area contributed by atoms with Crippen LogP contribution in [0.5, 0.6) is 0 Å². The van der Waals surface area contributed by atoms with Gasteiger partial charge in [-0.2, -0.15) is 0 Å². The van der Waals surface area contributed by atoms with Gasteiger partial charge in [-0.25, -0.2) is 0 Å². The number of benzene rings is 3. The number of amidine groups is 1. The Morgan fingerprint density at radius 2 is 1.56 bits per heavy atom. The van der Waals surface area contributed by atoms with Crippen LogP contribution >= 0.6 is 0 Å². The molecular formula is C25H24N2. The smallest absolute Gasteiger partial charge is 0.132 e. The Morgan fingerprint density at radius 1 is 0.852 bits per heavy atom. The van der Waals surface area contributed by atoms with E-state index in [1.165, 1.54) is 5.56 Å². The van der Waals surface area contributed by atoms with Crippen molar-refractivity contribution in [3.05, 3.63) is 101 Å². The summed E-state index contributed by atoms with van der Waals surface area (Å²) < 4.78 is 0. The molecule has 3 aromatic carbocycles. The first-order valence-corrected chi connectivity index (χ1v) is 9.31. The summed E-state index contributed by atoms with van der Waals surface area (Å²) in [5, 5.41) is 3.49. The van der Waals surface area contributed by atoms with Gasteiger partial charge in [-0.1, -0.05) is 78.9 Å². The highest BCUT2D eigenvalue weighted by atomic mass is 15.0. The molecule has 0 aliphatic rings. The normalized spacial score (nSPS) is 10.8. The van der Waals surface area contributed by atoms with E-state index in [2.05, 4.69) is 67.4 Å². The second-order valence-corrected chi connectivity index (χ2v) is 6.38. The van der Waals surface area contributed by atoms with Gasteiger partial charge in [-0.3, -0.25) is 4.99 Å². The van der Waals surface area contributed by atoms with E-state index in [4.69, 9.17) is 4.99 Å². The molecule has 3 rings (SSSR count). The van der Waals surface area contributed by atoms with Crippen molar-refractivity contribution in [2.45, 2.75) is 20.3 Å². The predicted octanol–water partition coefficient (Wildman–Crippen LogP) is 5.66. The summed E-state index contributed by atoms with van der Waals surface area (Å²) in [6.07, 6.45) is 1.01. The number of aryl methyl sites for hydroxylation is 1. The van der Waals surface area contributed by atoms with E-state index in [0.717, 1.165) is 41.2 Å². The Bertz CT molecular complexity index is 958. The van der Waals surface area contributed by atoms with Crippen LogP contribution in [-0.2, 0) is 0 Å². The van der Waals surface area contributed by atoms with Crippen LogP contribution in [0.1, 0.15) is 35.6 Å². The first-order chi connectivity index (χ1) is 13.3. The highest BCUT2D eigenvalue weighted by Gasteiger charge is 2.06. The molecule has 2 heteroatoms. The van der Waals surface area contributed by atoms with Gasteiger partial charge < -0.3 is 5.32 Å². The van der Waals surface area contributed by atoms with Gasteiger partial charge in [0.15, 0.2) is 0 Å². The zero-order valence-electron chi connectivity index (χ0n) is 15.9. The Kier molecular flexibility index (Phi) is 6.44. The summed E-state index contributed by atoms with van der Waals surface area (Å²) in [4.78, 5) is 4.73. The van der Waals surface area contributed by atoms with Gasteiger partial charge in [0, 0.05) is 23.2 Å². The third-order valence-corrected chi connectivity index (χ3v) is 4.11. The van der Waals surface area contributed by atoms with Crippen molar-refractivity contribution in [2.75, 3.05) is 11.9 Å². The third kappa shape index (κ3) is 5.33. The Balaban J connectivity index is 1.89. The fraction of sp³-hybridized carbons (Fsp3) is 0.160. The standard InChI is InChI=1S/C25H24N2/c1-3-19-26-25(23-10-5-4-6-11-23)27-24-12-8-7-9-22(24)18-17-21-15-13-20(2)14-16-21/h4-16H,3,19H2,1-2H3,(H,26,27). The van der Waals surface area contributed by atoms with E-state index in [0.29, 0.717) is 0 Å². The number of nitrogens with zero attached hydrogens (tertiary/aromatic N) is 1. The minimum Gasteiger partial charge on any atom is -0.339 e. The van der Waals surface area contributed by atoms with Gasteiger partial charge in [0.1, 0.15) is 5.84 Å². The molecule has 0 unspecified atom stereocenters. The lowest BCUT2D eigenvalue weighted by Crippen LogP contribution is -2.15. The van der Waals surface area contributed by atoms with Crippen LogP contribution in [0, 0.1) is 18.8 Å². The largest absolute Gasteiger partial charge is 0.339 e. The topological polar surface area (TPSA) is 24.4 Å². The number of rotatable bonds is 4. The molecule has 2 nitrogen and oxygen atoms in total. The molecule has 0 heterocycles. The van der Waals surface area contributed by atoms with E-state index in [1.807, 2.05) is 42.5 Å². The molecule has 0 amide bonds. The van der Waals surface area contributed by atoms with Crippen molar-refractivity contribution in [1.29, 1.82) is 0 Å². The van der Waals surface area contributed by atoms with Crippen LogP contribution in [0.3, 0.4) is 0 Å². The number of hydrogen-bond donors (Lipinski definition) is 1. The predicted molar refractivity (Wildman–Crippen MR) is 115 cm³/mol. The van der Waals surface area contributed by atoms with Crippen LogP contribution in [0.4, 0.5) is 5.69 Å². The fourth-order valence-electron chi connectivity index (χ4n) is 2.63. The Morgan fingerprint density at radius 3 is 2.30 bits per heavy atom. The van der Waals surface area contributed by atoms with E-state index in [9.17, 15) is 0 Å². The maximum Gasteiger partial charge on any atom is 0.132 e. The molecule has 0 bridgehead atoms. The second-order valence-electron chi connectivity index (χ2n) is 6.38. The zero-order valence-corrected chi connectivity index (χ0v) is 15.9. The molecule has 0 aromatic heterocycles. The average molecular weight is 352 g/mol. The summed E-state index contributed by atoms with van der Waals surface area (Å²) in [5.74, 6) is 7.43. The van der Waals surface area contributed by atoms with Gasteiger partial charge in [-0.15, -0.1) is 0 Å². The first-order valence-electron chi connectivity index (χ1n) is 9.31. The van der Waals surface area contributed by atoms with Crippen molar-refractivity contribution in [3.8, 4) is 11.8 Å². The quantitative estimate of drug-likeness (QED) is 0.365. The highest BCUT2D eigenvalue weighted by Crippen LogP contribution is 2.16. The fourth-order valence-corrected chi connectivity index (χ4v) is 2.63. The summed E-state index contributed by atoms with van der Waals surface area (Å²) >= 11 is 0. The minimum absolute atomic E-state index is 0.786. The minimum atomic E-state index is 0.786. The van der Waals surface area contributed by atoms with Crippen LogP contribution in [0.25, 0.3) is 0 Å². The van der Waals surface area contributed by atoms with E-state index >= 15 is 0 Å². The Labute approximate surface area is 162 Å². The van der Waals surface area contributed by atoms with Crippen LogP contribution in [0.2, 0.25) is 0 Å². The van der Waals surface area contributed by atoms with Crippen molar-refractivity contribution >= 4 is 11.5 Å². The number of nitrogens with one attached hydrogen (secondary N) is 1. The average Bonchev–Trinajstić information content (AvgIpc) is 2.72. The molecule has 27 heavy (non-hydrogen) atoms. The van der Waals surface area contributed by atoms with Gasteiger partial charge in [0.25, 0.3) is 0 Å². The molecular weight excluding hydrogens is 328 g/mol. The first kappa shape index (κ1) is 18.5. The summed E-state index contributed by atoms with van der Waals surface area (Å²) in [7, 11) is 0. The molecule has 0 aliphatic carbocycles. The summed E-state index contributed by atoms with van der Waals surface area (Å²) in [6.45, 7) is 5.00. The van der Waals surface area contributed by atoms with Crippen LogP contribution in [-0.4, -0.2) is 12.4 Å². The molecule has 3 aromatic rings. The van der Waals surface area contributed by atoms with Gasteiger partial charge in [0.05, 0.1) is 5.69 Å². The monoisotopic (exact) mass is 352 g/mol. The van der Waals surface area contributed by atoms with Crippen LogP contribution < -0.4 is 5.32 Å². The molecule has 0 radical (unpaired) electrons. The van der Waals surface area contributed by atoms with Crippen molar-refractivity contribution in [2.24, 2.45) is 4.99 Å². The summed E-state index contributed by atoms with van der Waals surface area (Å²) in [5.41, 5.74) is 5.25. The van der Waals surface area contributed by atoms with Gasteiger partial charge in [0.2, 0.25) is 0 Å². The lowest BCUT2D eigenvalue weighted by Gasteiger charge is -2.12. The van der Waals surface area contributed by atoms with E-state index in [-0.39, 0.29) is 0 Å². The molecule has 0 atom stereocenters. The molecule has 0 aliphatic heterocycles. The SMILES string of the molecule is CCCN=C(Nc1ccccc1C#Cc1ccc(C)cc1)c1ccccc1. The third-order valence-electron chi connectivity index (χ3n) is 4.11. The van der Waals surface area contributed by atoms with E-state index in [1.54, 1.807) is 0 Å². The summed E-state index contributed by atoms with van der Waals surface area (Å²) in [6, 6.07) is 26.6. The molecule has 0 saturated heterocycles. The molecule has 1 N–H and O–H groups in total. The second kappa shape index (κ2) is 9.40. The molecule has 134 valence electrons. The molecule has 0 fully saturated rings. The number of hydrogen-bond acceptors (Lipinski definition) is 1. The Hall–Kier alpha value is -3.31. The zero-order chi connectivity index (χ0) is 18.9. The lowest BCUT2D eigenvalue weighted by atomic mass is 10.1. The maximum absolute atomic E-state index is 4.73. The van der Waals surface area contributed by atoms with Crippen molar-refractivity contribution < 1.29 is 0 Å². The van der Waals surface area contributed by atoms with Gasteiger partial charge in [-0.05, 0) is 37.6 Å². The molecule has 0 saturated carbocycles. The molecule has 0 spiro atoms. The number of para-hydroxylation sites is 1. The highest BCUT2D eigenvalue weighted by molar-refractivity contribution is 6.08. The lowest BCUT2D eigenvalue weighted by molar-refractivity contribution is 0.932. The number of aliphatic imine (C=N–C) groups is 1. The van der Waals surface area contributed by atoms with Crippen molar-refractivity contribution in [1.82, 2.24) is 0 Å². The van der Waals surface area contributed by atoms with Crippen LogP contribution in [0.15, 0.2) is 83.9 Å².